The van der Waals surface area contributed by atoms with Crippen molar-refractivity contribution in [2.45, 2.75) is 20.3 Å². The Hall–Kier alpha value is -1.77. The van der Waals surface area contributed by atoms with Gasteiger partial charge in [0, 0.05) is 37.3 Å². The summed E-state index contributed by atoms with van der Waals surface area (Å²) < 4.78 is 0. The number of hydrogen-bond donors (Lipinski definition) is 1. The van der Waals surface area contributed by atoms with Gasteiger partial charge in [0.15, 0.2) is 0 Å². The molecule has 96 valence electrons. The quantitative estimate of drug-likeness (QED) is 0.871. The third-order valence-corrected chi connectivity index (χ3v) is 3.17. The first-order chi connectivity index (χ1) is 8.80. The highest BCUT2D eigenvalue weighted by Crippen LogP contribution is 2.28. The van der Waals surface area contributed by atoms with Crippen LogP contribution in [0.4, 0.5) is 11.5 Å². The van der Waals surface area contributed by atoms with Crippen molar-refractivity contribution in [3.05, 3.63) is 30.3 Å². The Labute approximate surface area is 109 Å². The second kappa shape index (κ2) is 5.71. The Morgan fingerprint density at radius 2 is 2.00 bits per heavy atom. The molecule has 3 heteroatoms. The summed E-state index contributed by atoms with van der Waals surface area (Å²) in [5, 5.41) is 4.37. The molecule has 0 aliphatic heterocycles. The van der Waals surface area contributed by atoms with E-state index in [0.29, 0.717) is 0 Å². The first kappa shape index (κ1) is 12.7. The molecule has 2 rings (SSSR count). The lowest BCUT2D eigenvalue weighted by Gasteiger charge is -2.24. The molecule has 0 unspecified atom stereocenters. The molecular formula is C15H21N3. The van der Waals surface area contributed by atoms with Gasteiger partial charge in [0.05, 0.1) is 5.52 Å². The molecule has 1 N–H and O–H groups in total. The van der Waals surface area contributed by atoms with Crippen molar-refractivity contribution in [1.29, 1.82) is 0 Å². The van der Waals surface area contributed by atoms with E-state index in [1.54, 1.807) is 0 Å². The Bertz CT molecular complexity index is 522. The number of anilines is 2. The number of pyridine rings is 1. The molecular weight excluding hydrogens is 222 g/mol. The van der Waals surface area contributed by atoms with E-state index < -0.39 is 0 Å². The van der Waals surface area contributed by atoms with Crippen molar-refractivity contribution in [1.82, 2.24) is 4.98 Å². The maximum atomic E-state index is 4.59. The van der Waals surface area contributed by atoms with Crippen molar-refractivity contribution >= 4 is 22.4 Å². The Morgan fingerprint density at radius 3 is 2.67 bits per heavy atom. The lowest BCUT2D eigenvalue weighted by atomic mass is 10.1. The minimum absolute atomic E-state index is 0.929. The summed E-state index contributed by atoms with van der Waals surface area (Å²) in [6, 6.07) is 10.5. The van der Waals surface area contributed by atoms with Gasteiger partial charge in [-0.1, -0.05) is 25.1 Å². The summed E-state index contributed by atoms with van der Waals surface area (Å²) in [6.07, 6.45) is 1.15. The standard InChI is InChI=1S/C15H21N3/c1-4-10-18(5-2)14-11-15(16-3)17-13-9-7-6-8-12(13)14/h6-9,11H,4-5,10H2,1-3H3,(H,16,17). The second-order valence-electron chi connectivity index (χ2n) is 4.37. The van der Waals surface area contributed by atoms with Crippen LogP contribution in [-0.2, 0) is 0 Å². The molecule has 0 spiro atoms. The Kier molecular flexibility index (Phi) is 4.03. The monoisotopic (exact) mass is 243 g/mol. The fraction of sp³-hybridized carbons (Fsp3) is 0.400. The van der Waals surface area contributed by atoms with Crippen LogP contribution in [0.5, 0.6) is 0 Å². The van der Waals surface area contributed by atoms with Gasteiger partial charge in [-0.2, -0.15) is 0 Å². The van der Waals surface area contributed by atoms with Crippen LogP contribution in [0.15, 0.2) is 30.3 Å². The lowest BCUT2D eigenvalue weighted by molar-refractivity contribution is 0.794. The summed E-state index contributed by atoms with van der Waals surface area (Å²) in [6.45, 7) is 6.51. The number of nitrogens with zero attached hydrogens (tertiary/aromatic N) is 2. The number of benzene rings is 1. The van der Waals surface area contributed by atoms with E-state index in [1.807, 2.05) is 13.1 Å². The van der Waals surface area contributed by atoms with Crippen molar-refractivity contribution in [2.24, 2.45) is 0 Å². The summed E-state index contributed by atoms with van der Waals surface area (Å²) in [5.74, 6) is 0.929. The van der Waals surface area contributed by atoms with Crippen LogP contribution in [0.1, 0.15) is 20.3 Å². The molecule has 0 amide bonds. The molecule has 0 fully saturated rings. The second-order valence-corrected chi connectivity index (χ2v) is 4.37. The number of para-hydroxylation sites is 1. The van der Waals surface area contributed by atoms with Crippen molar-refractivity contribution in [3.63, 3.8) is 0 Å². The van der Waals surface area contributed by atoms with Crippen molar-refractivity contribution < 1.29 is 0 Å². The van der Waals surface area contributed by atoms with Crippen molar-refractivity contribution in [2.75, 3.05) is 30.4 Å². The third kappa shape index (κ3) is 2.40. The van der Waals surface area contributed by atoms with Gasteiger partial charge in [-0.3, -0.25) is 0 Å². The molecule has 0 aliphatic rings. The predicted octanol–water partition coefficient (Wildman–Crippen LogP) is 3.51. The van der Waals surface area contributed by atoms with Crippen LogP contribution in [-0.4, -0.2) is 25.1 Å². The number of fused-ring (bicyclic) bond motifs is 1. The van der Waals surface area contributed by atoms with Crippen molar-refractivity contribution in [3.8, 4) is 0 Å². The zero-order valence-corrected chi connectivity index (χ0v) is 11.4. The molecule has 0 saturated heterocycles. The van der Waals surface area contributed by atoms with Gasteiger partial charge in [-0.15, -0.1) is 0 Å². The SMILES string of the molecule is CCCN(CC)c1cc(NC)nc2ccccc12. The van der Waals surface area contributed by atoms with Gasteiger partial charge >= 0.3 is 0 Å². The largest absolute Gasteiger partial charge is 0.373 e. The summed E-state index contributed by atoms with van der Waals surface area (Å²) in [7, 11) is 1.91. The number of hydrogen-bond acceptors (Lipinski definition) is 3. The third-order valence-electron chi connectivity index (χ3n) is 3.17. The Morgan fingerprint density at radius 1 is 1.22 bits per heavy atom. The molecule has 0 atom stereocenters. The van der Waals surface area contributed by atoms with Crippen LogP contribution >= 0.6 is 0 Å². The summed E-state index contributed by atoms with van der Waals surface area (Å²) >= 11 is 0. The first-order valence-electron chi connectivity index (χ1n) is 6.62. The van der Waals surface area contributed by atoms with Gasteiger partial charge < -0.3 is 10.2 Å². The molecule has 1 heterocycles. The van der Waals surface area contributed by atoms with E-state index in [4.69, 9.17) is 0 Å². The summed E-state index contributed by atoms with van der Waals surface area (Å²) in [4.78, 5) is 7.00. The van der Waals surface area contributed by atoms with Gasteiger partial charge in [0.2, 0.25) is 0 Å². The maximum Gasteiger partial charge on any atom is 0.128 e. The van der Waals surface area contributed by atoms with E-state index in [-0.39, 0.29) is 0 Å². The van der Waals surface area contributed by atoms with Crippen LogP contribution in [0, 0.1) is 0 Å². The molecule has 0 radical (unpaired) electrons. The zero-order chi connectivity index (χ0) is 13.0. The molecule has 0 aliphatic carbocycles. The lowest BCUT2D eigenvalue weighted by Crippen LogP contribution is -2.23. The van der Waals surface area contributed by atoms with Gasteiger partial charge in [0.25, 0.3) is 0 Å². The Balaban J connectivity index is 2.58. The average Bonchev–Trinajstić information content (AvgIpc) is 2.43. The van der Waals surface area contributed by atoms with Gasteiger partial charge in [-0.25, -0.2) is 4.98 Å². The fourth-order valence-corrected chi connectivity index (χ4v) is 2.27. The minimum Gasteiger partial charge on any atom is -0.373 e. The van der Waals surface area contributed by atoms with Crippen LogP contribution in [0.2, 0.25) is 0 Å². The van der Waals surface area contributed by atoms with Gasteiger partial charge in [0.1, 0.15) is 5.82 Å². The van der Waals surface area contributed by atoms with E-state index in [2.05, 4.69) is 53.3 Å². The first-order valence-corrected chi connectivity index (χ1v) is 6.62. The number of aromatic nitrogens is 1. The molecule has 1 aromatic carbocycles. The smallest absolute Gasteiger partial charge is 0.128 e. The molecule has 0 saturated carbocycles. The minimum atomic E-state index is 0.929. The molecule has 0 bridgehead atoms. The molecule has 3 nitrogen and oxygen atoms in total. The number of nitrogens with one attached hydrogen (secondary N) is 1. The van der Waals surface area contributed by atoms with Crippen LogP contribution < -0.4 is 10.2 Å². The van der Waals surface area contributed by atoms with E-state index in [1.165, 1.54) is 11.1 Å². The fourth-order valence-electron chi connectivity index (χ4n) is 2.27. The molecule has 2 aromatic rings. The average molecular weight is 243 g/mol. The van der Waals surface area contributed by atoms with Gasteiger partial charge in [-0.05, 0) is 19.4 Å². The molecule has 1 aromatic heterocycles. The highest BCUT2D eigenvalue weighted by atomic mass is 15.1. The molecule has 18 heavy (non-hydrogen) atoms. The number of rotatable bonds is 5. The van der Waals surface area contributed by atoms with E-state index in [0.717, 1.165) is 30.8 Å². The predicted molar refractivity (Wildman–Crippen MR) is 79.5 cm³/mol. The van der Waals surface area contributed by atoms with Crippen LogP contribution in [0.25, 0.3) is 10.9 Å². The normalized spacial score (nSPS) is 10.6. The topological polar surface area (TPSA) is 28.2 Å². The van der Waals surface area contributed by atoms with E-state index in [9.17, 15) is 0 Å². The summed E-state index contributed by atoms with van der Waals surface area (Å²) in [5.41, 5.74) is 2.32. The zero-order valence-electron chi connectivity index (χ0n) is 11.4. The van der Waals surface area contributed by atoms with E-state index >= 15 is 0 Å². The maximum absolute atomic E-state index is 4.59. The van der Waals surface area contributed by atoms with Crippen LogP contribution in [0.3, 0.4) is 0 Å². The highest BCUT2D eigenvalue weighted by molar-refractivity contribution is 5.93. The highest BCUT2D eigenvalue weighted by Gasteiger charge is 2.10.